The summed E-state index contributed by atoms with van der Waals surface area (Å²) in [5.41, 5.74) is 5.73. The van der Waals surface area contributed by atoms with Crippen LogP contribution in [0.4, 0.5) is 0 Å². The molecule has 0 fully saturated rings. The SMILES string of the molecule is CC(C)n1cc[n+](C(C)C)c1CN. The van der Waals surface area contributed by atoms with Crippen LogP contribution in [0.15, 0.2) is 12.4 Å². The van der Waals surface area contributed by atoms with E-state index in [9.17, 15) is 0 Å². The number of hydrogen-bond acceptors (Lipinski definition) is 1. The maximum atomic E-state index is 5.73. The van der Waals surface area contributed by atoms with Gasteiger partial charge in [0, 0.05) is 0 Å². The fourth-order valence-corrected chi connectivity index (χ4v) is 1.60. The molecule has 3 heteroatoms. The molecular formula is C10H20N3+. The minimum Gasteiger partial charge on any atom is -0.320 e. The number of rotatable bonds is 3. The van der Waals surface area contributed by atoms with Gasteiger partial charge in [0.25, 0.3) is 5.82 Å². The van der Waals surface area contributed by atoms with E-state index in [1.165, 1.54) is 5.82 Å². The molecular weight excluding hydrogens is 162 g/mol. The zero-order chi connectivity index (χ0) is 10.0. The van der Waals surface area contributed by atoms with Gasteiger partial charge in [-0.25, -0.2) is 9.13 Å². The normalized spacial score (nSPS) is 11.6. The van der Waals surface area contributed by atoms with Crippen LogP contribution in [-0.4, -0.2) is 4.57 Å². The van der Waals surface area contributed by atoms with Crippen LogP contribution in [0.5, 0.6) is 0 Å². The summed E-state index contributed by atoms with van der Waals surface area (Å²) in [5.74, 6) is 1.20. The lowest BCUT2D eigenvalue weighted by molar-refractivity contribution is -0.722. The molecule has 0 aliphatic carbocycles. The van der Waals surface area contributed by atoms with E-state index in [0.717, 1.165) is 0 Å². The Labute approximate surface area is 80.2 Å². The van der Waals surface area contributed by atoms with E-state index < -0.39 is 0 Å². The molecule has 0 radical (unpaired) electrons. The van der Waals surface area contributed by atoms with E-state index >= 15 is 0 Å². The zero-order valence-corrected chi connectivity index (χ0v) is 8.99. The smallest absolute Gasteiger partial charge is 0.270 e. The number of hydrogen-bond donors (Lipinski definition) is 1. The van der Waals surface area contributed by atoms with Crippen molar-refractivity contribution in [2.24, 2.45) is 5.73 Å². The van der Waals surface area contributed by atoms with Gasteiger partial charge < -0.3 is 5.73 Å². The van der Waals surface area contributed by atoms with Gasteiger partial charge in [0.15, 0.2) is 0 Å². The van der Waals surface area contributed by atoms with Crippen LogP contribution >= 0.6 is 0 Å². The summed E-state index contributed by atoms with van der Waals surface area (Å²) in [7, 11) is 0. The third-order valence-corrected chi connectivity index (χ3v) is 2.28. The van der Waals surface area contributed by atoms with E-state index in [-0.39, 0.29) is 0 Å². The van der Waals surface area contributed by atoms with Crippen LogP contribution < -0.4 is 10.3 Å². The van der Waals surface area contributed by atoms with Crippen molar-refractivity contribution >= 4 is 0 Å². The highest BCUT2D eigenvalue weighted by molar-refractivity contribution is 4.85. The maximum absolute atomic E-state index is 5.73. The second-order valence-electron chi connectivity index (χ2n) is 3.92. The van der Waals surface area contributed by atoms with E-state index in [4.69, 9.17) is 5.73 Å². The average Bonchev–Trinajstić information content (AvgIpc) is 2.46. The van der Waals surface area contributed by atoms with Crippen LogP contribution in [0.1, 0.15) is 45.6 Å². The largest absolute Gasteiger partial charge is 0.320 e. The average molecular weight is 182 g/mol. The van der Waals surface area contributed by atoms with Crippen molar-refractivity contribution in [3.8, 4) is 0 Å². The first kappa shape index (κ1) is 10.3. The van der Waals surface area contributed by atoms with Crippen molar-refractivity contribution in [3.63, 3.8) is 0 Å². The van der Waals surface area contributed by atoms with Crippen LogP contribution in [0.3, 0.4) is 0 Å². The lowest BCUT2D eigenvalue weighted by atomic mass is 10.3. The van der Waals surface area contributed by atoms with Crippen LogP contribution in [-0.2, 0) is 6.54 Å². The van der Waals surface area contributed by atoms with Gasteiger partial charge >= 0.3 is 0 Å². The number of aromatic nitrogens is 2. The quantitative estimate of drug-likeness (QED) is 0.704. The number of nitrogens with two attached hydrogens (primary N) is 1. The summed E-state index contributed by atoms with van der Waals surface area (Å²) in [6, 6.07) is 0.970. The van der Waals surface area contributed by atoms with Gasteiger partial charge in [-0.1, -0.05) is 0 Å². The monoisotopic (exact) mass is 182 g/mol. The van der Waals surface area contributed by atoms with Crippen molar-refractivity contribution < 1.29 is 4.57 Å². The molecule has 0 atom stereocenters. The molecule has 0 unspecified atom stereocenters. The molecule has 0 bridgehead atoms. The van der Waals surface area contributed by atoms with Crippen LogP contribution in [0.25, 0.3) is 0 Å². The highest BCUT2D eigenvalue weighted by Gasteiger charge is 2.19. The summed E-state index contributed by atoms with van der Waals surface area (Å²) in [5, 5.41) is 0. The zero-order valence-electron chi connectivity index (χ0n) is 8.99. The second-order valence-corrected chi connectivity index (χ2v) is 3.92. The molecule has 0 saturated heterocycles. The van der Waals surface area contributed by atoms with Gasteiger partial charge in [0.2, 0.25) is 0 Å². The summed E-state index contributed by atoms with van der Waals surface area (Å²) < 4.78 is 4.44. The molecule has 1 rings (SSSR count). The molecule has 3 nitrogen and oxygen atoms in total. The Bertz CT molecular complexity index is 248. The Morgan fingerprint density at radius 1 is 1.38 bits per heavy atom. The minimum absolute atomic E-state index is 0.485. The Morgan fingerprint density at radius 3 is 2.38 bits per heavy atom. The van der Waals surface area contributed by atoms with Crippen molar-refractivity contribution in [1.29, 1.82) is 0 Å². The molecule has 0 amide bonds. The molecule has 13 heavy (non-hydrogen) atoms. The molecule has 74 valence electrons. The van der Waals surface area contributed by atoms with Crippen molar-refractivity contribution in [2.45, 2.75) is 46.3 Å². The van der Waals surface area contributed by atoms with E-state index in [2.05, 4.69) is 49.2 Å². The molecule has 0 aromatic carbocycles. The van der Waals surface area contributed by atoms with Crippen LogP contribution in [0, 0.1) is 0 Å². The number of nitrogens with zero attached hydrogens (tertiary/aromatic N) is 2. The molecule has 0 aliphatic heterocycles. The lowest BCUT2D eigenvalue weighted by Crippen LogP contribution is -2.40. The topological polar surface area (TPSA) is 34.8 Å². The molecule has 1 aromatic rings. The molecule has 1 aromatic heterocycles. The minimum atomic E-state index is 0.485. The highest BCUT2D eigenvalue weighted by atomic mass is 15.2. The van der Waals surface area contributed by atoms with Gasteiger partial charge in [-0.2, -0.15) is 0 Å². The first-order chi connectivity index (χ1) is 6.07. The molecule has 0 spiro atoms. The first-order valence-electron chi connectivity index (χ1n) is 4.88. The predicted octanol–water partition coefficient (Wildman–Crippen LogP) is 1.40. The third-order valence-electron chi connectivity index (χ3n) is 2.28. The summed E-state index contributed by atoms with van der Waals surface area (Å²) in [6.45, 7) is 9.28. The Balaban J connectivity index is 3.10. The van der Waals surface area contributed by atoms with Gasteiger partial charge in [0.1, 0.15) is 12.4 Å². The molecule has 1 heterocycles. The fraction of sp³-hybridized carbons (Fsp3) is 0.700. The Hall–Kier alpha value is -0.830. The van der Waals surface area contributed by atoms with Crippen molar-refractivity contribution in [2.75, 3.05) is 0 Å². The van der Waals surface area contributed by atoms with Gasteiger partial charge in [-0.3, -0.25) is 0 Å². The summed E-state index contributed by atoms with van der Waals surface area (Å²) >= 11 is 0. The van der Waals surface area contributed by atoms with Gasteiger partial charge in [-0.05, 0) is 27.7 Å². The second kappa shape index (κ2) is 3.92. The highest BCUT2D eigenvalue weighted by Crippen LogP contribution is 2.08. The summed E-state index contributed by atoms with van der Waals surface area (Å²) in [4.78, 5) is 0. The standard InChI is InChI=1S/C10H20N3/c1-8(2)12-5-6-13(9(3)4)10(12)7-11/h5-6,8-9H,7,11H2,1-4H3/q+1. The first-order valence-corrected chi connectivity index (χ1v) is 4.88. The van der Waals surface area contributed by atoms with Crippen LogP contribution in [0.2, 0.25) is 0 Å². The van der Waals surface area contributed by atoms with Crippen molar-refractivity contribution in [1.82, 2.24) is 4.57 Å². The summed E-state index contributed by atoms with van der Waals surface area (Å²) in [6.07, 6.45) is 4.21. The van der Waals surface area contributed by atoms with Gasteiger partial charge in [-0.15, -0.1) is 0 Å². The van der Waals surface area contributed by atoms with E-state index in [1.54, 1.807) is 0 Å². The lowest BCUT2D eigenvalue weighted by Gasteiger charge is -2.07. The predicted molar refractivity (Wildman–Crippen MR) is 53.3 cm³/mol. The Morgan fingerprint density at radius 2 is 2.00 bits per heavy atom. The third kappa shape index (κ3) is 1.91. The van der Waals surface area contributed by atoms with Crippen molar-refractivity contribution in [3.05, 3.63) is 18.2 Å². The molecule has 0 aliphatic rings. The maximum Gasteiger partial charge on any atom is 0.270 e. The molecule has 2 N–H and O–H groups in total. The fourth-order valence-electron chi connectivity index (χ4n) is 1.60. The number of imidazole rings is 1. The van der Waals surface area contributed by atoms with Gasteiger partial charge in [0.05, 0.1) is 18.6 Å². The molecule has 0 saturated carbocycles. The van der Waals surface area contributed by atoms with E-state index in [1.807, 2.05) is 0 Å². The van der Waals surface area contributed by atoms with E-state index in [0.29, 0.717) is 18.6 Å². The Kier molecular flexibility index (Phi) is 3.09.